The number of H-pyrrole nitrogens is 1. The maximum Gasteiger partial charge on any atom is 0.323 e. The number of nitrogens with two attached hydrogens (primary N) is 1. The first-order chi connectivity index (χ1) is 12.0. The van der Waals surface area contributed by atoms with E-state index in [0.29, 0.717) is 0 Å². The minimum atomic E-state index is -2.87. The van der Waals surface area contributed by atoms with Crippen molar-refractivity contribution < 1.29 is 28.9 Å². The predicted molar refractivity (Wildman–Crippen MR) is 90.4 cm³/mol. The van der Waals surface area contributed by atoms with E-state index < -0.39 is 48.5 Å². The van der Waals surface area contributed by atoms with Gasteiger partial charge in [0.05, 0.1) is 0 Å². The second kappa shape index (κ2) is 7.53. The summed E-state index contributed by atoms with van der Waals surface area (Å²) in [5.74, 6) is -3.95. The summed E-state index contributed by atoms with van der Waals surface area (Å²) in [6.45, 7) is 3.91. The van der Waals surface area contributed by atoms with Gasteiger partial charge in [0, 0.05) is 11.8 Å². The molecule has 0 aromatic carbocycles. The summed E-state index contributed by atoms with van der Waals surface area (Å²) >= 11 is 4.98. The van der Waals surface area contributed by atoms with E-state index in [1.807, 2.05) is 0 Å². The number of alkyl halides is 1. The fourth-order valence-corrected chi connectivity index (χ4v) is 2.65. The Morgan fingerprint density at radius 2 is 2.19 bits per heavy atom. The van der Waals surface area contributed by atoms with Gasteiger partial charge in [0.25, 0.3) is 11.4 Å². The van der Waals surface area contributed by atoms with Gasteiger partial charge in [0.15, 0.2) is 17.6 Å². The van der Waals surface area contributed by atoms with E-state index in [4.69, 9.17) is 27.4 Å². The number of nitrogens with one attached hydrogen (secondary N) is 1. The first kappa shape index (κ1) is 20.6. The molecule has 11 heteroatoms. The highest BCUT2D eigenvalue weighted by molar-refractivity contribution is 7.71. The number of hydrogen-bond acceptors (Lipinski definition) is 8. The standard InChI is InChI=1S/C15H22FN3O6S/c1-6(2)8(17)13(23)24-5-15(16)10(21)9(20)12(25-15)19-4-7(3)11(22)18-14(19)26/h4,6,8-10,12,20-21H,5,17H2,1-3H3,(H,18,22,26)/t8-,9+,10-,12+,15+/m0/s1. The second-order valence-corrected chi connectivity index (χ2v) is 6.97. The molecule has 2 rings (SSSR count). The normalized spacial score (nSPS) is 29.8. The number of ether oxygens (including phenoxy) is 2. The number of halogens is 1. The Hall–Kier alpha value is -1.66. The van der Waals surface area contributed by atoms with Crippen LogP contribution in [0.4, 0.5) is 4.39 Å². The number of hydrogen-bond donors (Lipinski definition) is 4. The third kappa shape index (κ3) is 3.86. The lowest BCUT2D eigenvalue weighted by atomic mass is 10.1. The van der Waals surface area contributed by atoms with E-state index in [-0.39, 0.29) is 16.3 Å². The van der Waals surface area contributed by atoms with Gasteiger partial charge in [-0.2, -0.15) is 0 Å². The average Bonchev–Trinajstić information content (AvgIpc) is 2.80. The zero-order valence-electron chi connectivity index (χ0n) is 14.5. The smallest absolute Gasteiger partial charge is 0.323 e. The molecule has 2 heterocycles. The summed E-state index contributed by atoms with van der Waals surface area (Å²) < 4.78 is 25.9. The van der Waals surface area contributed by atoms with Crippen LogP contribution in [-0.2, 0) is 14.3 Å². The summed E-state index contributed by atoms with van der Waals surface area (Å²) in [5.41, 5.74) is 5.42. The van der Waals surface area contributed by atoms with Crippen LogP contribution in [0, 0.1) is 17.6 Å². The van der Waals surface area contributed by atoms with E-state index in [0.717, 1.165) is 4.57 Å². The Morgan fingerprint density at radius 3 is 2.77 bits per heavy atom. The van der Waals surface area contributed by atoms with Crippen molar-refractivity contribution >= 4 is 18.2 Å². The Kier molecular flexibility index (Phi) is 5.98. The van der Waals surface area contributed by atoms with E-state index >= 15 is 0 Å². The van der Waals surface area contributed by atoms with E-state index in [9.17, 15) is 24.2 Å². The summed E-state index contributed by atoms with van der Waals surface area (Å²) in [4.78, 5) is 25.7. The predicted octanol–water partition coefficient (Wildman–Crippen LogP) is -0.343. The van der Waals surface area contributed by atoms with E-state index in [1.165, 1.54) is 13.1 Å². The Balaban J connectivity index is 2.21. The number of aromatic nitrogens is 2. The van der Waals surface area contributed by atoms with Gasteiger partial charge in [-0.1, -0.05) is 13.8 Å². The van der Waals surface area contributed by atoms with Crippen molar-refractivity contribution in [2.45, 2.75) is 51.1 Å². The lowest BCUT2D eigenvalue weighted by Crippen LogP contribution is -2.46. The van der Waals surface area contributed by atoms with Gasteiger partial charge >= 0.3 is 5.97 Å². The van der Waals surface area contributed by atoms with Crippen LogP contribution in [0.5, 0.6) is 0 Å². The molecule has 1 saturated heterocycles. The summed E-state index contributed by atoms with van der Waals surface area (Å²) in [6, 6.07) is -0.965. The van der Waals surface area contributed by atoms with Crippen LogP contribution in [0.1, 0.15) is 25.6 Å². The highest BCUT2D eigenvalue weighted by atomic mass is 32.1. The highest BCUT2D eigenvalue weighted by Gasteiger charge is 2.57. The monoisotopic (exact) mass is 391 g/mol. The van der Waals surface area contributed by atoms with Crippen molar-refractivity contribution in [2.75, 3.05) is 6.61 Å². The molecule has 9 nitrogen and oxygen atoms in total. The molecule has 1 fully saturated rings. The molecular formula is C15H22FN3O6S. The van der Waals surface area contributed by atoms with Crippen LogP contribution in [0.25, 0.3) is 0 Å². The zero-order chi connectivity index (χ0) is 19.8. The maximum atomic E-state index is 15.0. The molecule has 1 aliphatic heterocycles. The minimum absolute atomic E-state index is 0.125. The molecule has 0 unspecified atom stereocenters. The zero-order valence-corrected chi connectivity index (χ0v) is 15.3. The average molecular weight is 391 g/mol. The van der Waals surface area contributed by atoms with Crippen molar-refractivity contribution in [1.82, 2.24) is 9.55 Å². The number of carbonyl (C=O) groups is 1. The molecule has 0 radical (unpaired) electrons. The maximum absolute atomic E-state index is 15.0. The molecule has 1 aromatic rings. The number of rotatable bonds is 5. The quantitative estimate of drug-likeness (QED) is 0.395. The van der Waals surface area contributed by atoms with Crippen LogP contribution >= 0.6 is 12.2 Å². The molecule has 0 aliphatic carbocycles. The molecule has 5 N–H and O–H groups in total. The molecular weight excluding hydrogens is 369 g/mol. The van der Waals surface area contributed by atoms with Crippen LogP contribution in [-0.4, -0.2) is 56.4 Å². The number of aromatic amines is 1. The Labute approximate surface area is 153 Å². The molecule has 1 aromatic heterocycles. The van der Waals surface area contributed by atoms with Crippen molar-refractivity contribution in [1.29, 1.82) is 0 Å². The van der Waals surface area contributed by atoms with Crippen molar-refractivity contribution in [3.05, 3.63) is 26.9 Å². The molecule has 0 saturated carbocycles. The van der Waals surface area contributed by atoms with E-state index in [2.05, 4.69) is 4.98 Å². The molecule has 146 valence electrons. The van der Waals surface area contributed by atoms with Crippen molar-refractivity contribution in [3.8, 4) is 0 Å². The van der Waals surface area contributed by atoms with Crippen molar-refractivity contribution in [2.24, 2.45) is 11.7 Å². The summed E-state index contributed by atoms with van der Waals surface area (Å²) in [5, 5.41) is 20.2. The SMILES string of the molecule is Cc1cn([C@@H]2O[C@](F)(COC(=O)[C@@H](N)C(C)C)[C@@H](O)[C@H]2O)c(=S)[nH]c1=O. The number of aliphatic hydroxyl groups excluding tert-OH is 2. The van der Waals surface area contributed by atoms with Crippen LogP contribution in [0.2, 0.25) is 0 Å². The number of esters is 1. The van der Waals surface area contributed by atoms with Gasteiger partial charge in [-0.05, 0) is 25.1 Å². The number of aryl methyl sites for hydroxylation is 1. The number of aliphatic hydroxyl groups is 2. The third-order valence-corrected chi connectivity index (χ3v) is 4.51. The highest BCUT2D eigenvalue weighted by Crippen LogP contribution is 2.38. The van der Waals surface area contributed by atoms with Crippen LogP contribution < -0.4 is 11.3 Å². The van der Waals surface area contributed by atoms with Gasteiger partial charge < -0.3 is 25.4 Å². The minimum Gasteiger partial charge on any atom is -0.458 e. The molecule has 26 heavy (non-hydrogen) atoms. The van der Waals surface area contributed by atoms with Gasteiger partial charge in [-0.15, -0.1) is 0 Å². The lowest BCUT2D eigenvalue weighted by molar-refractivity contribution is -0.217. The molecule has 0 amide bonds. The van der Waals surface area contributed by atoms with E-state index in [1.54, 1.807) is 13.8 Å². The van der Waals surface area contributed by atoms with Crippen LogP contribution in [0.3, 0.4) is 0 Å². The fourth-order valence-electron chi connectivity index (χ4n) is 2.40. The van der Waals surface area contributed by atoms with Gasteiger partial charge in [-0.3, -0.25) is 19.1 Å². The topological polar surface area (TPSA) is 140 Å². The molecule has 0 bridgehead atoms. The fraction of sp³-hybridized carbons (Fsp3) is 0.667. The first-order valence-corrected chi connectivity index (χ1v) is 8.36. The molecule has 5 atom stereocenters. The first-order valence-electron chi connectivity index (χ1n) is 7.95. The van der Waals surface area contributed by atoms with Gasteiger partial charge in [-0.25, -0.2) is 4.39 Å². The van der Waals surface area contributed by atoms with Gasteiger partial charge in [0.2, 0.25) is 0 Å². The lowest BCUT2D eigenvalue weighted by Gasteiger charge is -2.24. The van der Waals surface area contributed by atoms with Crippen molar-refractivity contribution in [3.63, 3.8) is 0 Å². The van der Waals surface area contributed by atoms with Crippen LogP contribution in [0.15, 0.2) is 11.0 Å². The summed E-state index contributed by atoms with van der Waals surface area (Å²) in [7, 11) is 0. The summed E-state index contributed by atoms with van der Waals surface area (Å²) in [6.07, 6.45) is -3.87. The molecule has 1 aliphatic rings. The van der Waals surface area contributed by atoms with Gasteiger partial charge in [0.1, 0.15) is 18.2 Å². The largest absolute Gasteiger partial charge is 0.458 e. The number of carbonyl (C=O) groups excluding carboxylic acids is 1. The second-order valence-electron chi connectivity index (χ2n) is 6.59. The third-order valence-electron chi connectivity index (χ3n) is 4.20. The Morgan fingerprint density at radius 1 is 1.58 bits per heavy atom. The Bertz CT molecular complexity index is 796. The molecule has 0 spiro atoms. The number of nitrogens with zero attached hydrogens (tertiary/aromatic N) is 1.